The van der Waals surface area contributed by atoms with Crippen molar-refractivity contribution in [3.05, 3.63) is 22.8 Å². The van der Waals surface area contributed by atoms with Gasteiger partial charge < -0.3 is 5.11 Å². The number of aryl methyl sites for hydroxylation is 1. The molecule has 1 heterocycles. The van der Waals surface area contributed by atoms with Gasteiger partial charge in [0.25, 0.3) is 0 Å². The van der Waals surface area contributed by atoms with Crippen LogP contribution in [0.15, 0.2) is 0 Å². The first-order chi connectivity index (χ1) is 7.50. The molecular formula is C11H12N2O3. The zero-order valence-corrected chi connectivity index (χ0v) is 9.15. The number of Topliss-reactive ketones (excluding diaryl/α,β-unsaturated/α-hetero) is 1. The molecule has 0 bridgehead atoms. The molecule has 0 saturated carbocycles. The lowest BCUT2D eigenvalue weighted by atomic mass is 10.1. The summed E-state index contributed by atoms with van der Waals surface area (Å²) in [5.41, 5.74) is 0.647. The molecule has 1 aromatic heterocycles. The first-order valence-corrected chi connectivity index (χ1v) is 5.18. The van der Waals surface area contributed by atoms with Crippen LogP contribution in [0.4, 0.5) is 0 Å². The van der Waals surface area contributed by atoms with E-state index in [1.165, 1.54) is 0 Å². The lowest BCUT2D eigenvalue weighted by molar-refractivity contribution is 0.0685. The zero-order valence-electron chi connectivity index (χ0n) is 9.15. The number of hydrogen-bond acceptors (Lipinski definition) is 4. The Morgan fingerprint density at radius 1 is 1.31 bits per heavy atom. The van der Waals surface area contributed by atoms with Crippen LogP contribution in [-0.4, -0.2) is 26.8 Å². The molecular weight excluding hydrogens is 208 g/mol. The summed E-state index contributed by atoms with van der Waals surface area (Å²) < 4.78 is 0. The van der Waals surface area contributed by atoms with Crippen molar-refractivity contribution in [3.63, 3.8) is 0 Å². The molecule has 1 N–H and O–H groups in total. The third-order valence-corrected chi connectivity index (χ3v) is 2.59. The Morgan fingerprint density at radius 2 is 2.00 bits per heavy atom. The van der Waals surface area contributed by atoms with Gasteiger partial charge in [-0.1, -0.05) is 13.8 Å². The maximum Gasteiger partial charge on any atom is 0.355 e. The summed E-state index contributed by atoms with van der Waals surface area (Å²) in [6.45, 7) is 3.79. The summed E-state index contributed by atoms with van der Waals surface area (Å²) in [6, 6.07) is 0. The predicted octanol–water partition coefficient (Wildman–Crippen LogP) is 1.43. The van der Waals surface area contributed by atoms with E-state index in [4.69, 9.17) is 5.11 Å². The number of hydrogen-bond donors (Lipinski definition) is 1. The second kappa shape index (κ2) is 3.66. The number of carboxylic acid groups (broad SMARTS) is 1. The Labute approximate surface area is 92.5 Å². The fraction of sp³-hybridized carbons (Fsp3) is 0.455. The topological polar surface area (TPSA) is 80.2 Å². The van der Waals surface area contributed by atoms with Crippen LogP contribution in [0.5, 0.6) is 0 Å². The largest absolute Gasteiger partial charge is 0.476 e. The van der Waals surface area contributed by atoms with E-state index < -0.39 is 5.97 Å². The monoisotopic (exact) mass is 220 g/mol. The summed E-state index contributed by atoms with van der Waals surface area (Å²) >= 11 is 0. The van der Waals surface area contributed by atoms with Crippen molar-refractivity contribution in [2.24, 2.45) is 0 Å². The van der Waals surface area contributed by atoms with Crippen molar-refractivity contribution in [1.29, 1.82) is 0 Å². The van der Waals surface area contributed by atoms with E-state index in [-0.39, 0.29) is 23.0 Å². The van der Waals surface area contributed by atoms with Crippen LogP contribution < -0.4 is 0 Å². The van der Waals surface area contributed by atoms with Crippen LogP contribution in [0.2, 0.25) is 0 Å². The molecule has 2 rings (SSSR count). The standard InChI is InChI=1S/C11H12N2O3/c1-5(2)10-12-6-3-4-7(14)8(6)9(13-10)11(15)16/h5H,3-4H2,1-2H3,(H,15,16). The number of aromatic nitrogens is 2. The highest BCUT2D eigenvalue weighted by molar-refractivity contribution is 6.07. The van der Waals surface area contributed by atoms with Gasteiger partial charge in [-0.05, 0) is 6.42 Å². The average Bonchev–Trinajstić information content (AvgIpc) is 2.59. The predicted molar refractivity (Wildman–Crippen MR) is 55.7 cm³/mol. The van der Waals surface area contributed by atoms with Gasteiger partial charge in [0.15, 0.2) is 11.5 Å². The summed E-state index contributed by atoms with van der Waals surface area (Å²) in [5.74, 6) is -0.775. The molecule has 0 spiro atoms. The van der Waals surface area contributed by atoms with Crippen LogP contribution in [0.25, 0.3) is 0 Å². The van der Waals surface area contributed by atoms with Crippen LogP contribution in [0.1, 0.15) is 58.6 Å². The van der Waals surface area contributed by atoms with Crippen molar-refractivity contribution in [2.45, 2.75) is 32.6 Å². The molecule has 1 aliphatic rings. The smallest absolute Gasteiger partial charge is 0.355 e. The first-order valence-electron chi connectivity index (χ1n) is 5.18. The van der Waals surface area contributed by atoms with Gasteiger partial charge in [-0.15, -0.1) is 0 Å². The molecule has 1 aromatic rings. The van der Waals surface area contributed by atoms with Gasteiger partial charge in [-0.3, -0.25) is 4.79 Å². The molecule has 0 atom stereocenters. The molecule has 84 valence electrons. The highest BCUT2D eigenvalue weighted by Crippen LogP contribution is 2.24. The highest BCUT2D eigenvalue weighted by atomic mass is 16.4. The minimum Gasteiger partial charge on any atom is -0.476 e. The van der Waals surface area contributed by atoms with Crippen molar-refractivity contribution < 1.29 is 14.7 Å². The van der Waals surface area contributed by atoms with Gasteiger partial charge in [-0.2, -0.15) is 0 Å². The minimum atomic E-state index is -1.16. The number of ketones is 1. The normalized spacial score (nSPS) is 14.3. The second-order valence-electron chi connectivity index (χ2n) is 4.14. The molecule has 1 aliphatic carbocycles. The lowest BCUT2D eigenvalue weighted by Gasteiger charge is -2.08. The Balaban J connectivity index is 2.66. The zero-order chi connectivity index (χ0) is 11.9. The molecule has 0 aliphatic heterocycles. The Bertz CT molecular complexity index is 480. The van der Waals surface area contributed by atoms with E-state index in [1.54, 1.807) is 0 Å². The van der Waals surface area contributed by atoms with E-state index in [0.717, 1.165) is 0 Å². The Morgan fingerprint density at radius 3 is 2.56 bits per heavy atom. The van der Waals surface area contributed by atoms with E-state index in [0.29, 0.717) is 24.4 Å². The molecule has 0 fully saturated rings. The molecule has 0 radical (unpaired) electrons. The average molecular weight is 220 g/mol. The van der Waals surface area contributed by atoms with Crippen molar-refractivity contribution >= 4 is 11.8 Å². The fourth-order valence-electron chi connectivity index (χ4n) is 1.77. The highest BCUT2D eigenvalue weighted by Gasteiger charge is 2.29. The van der Waals surface area contributed by atoms with Crippen LogP contribution in [-0.2, 0) is 6.42 Å². The van der Waals surface area contributed by atoms with E-state index in [9.17, 15) is 9.59 Å². The molecule has 5 heteroatoms. The number of nitrogens with zero attached hydrogens (tertiary/aromatic N) is 2. The maximum atomic E-state index is 11.5. The van der Waals surface area contributed by atoms with E-state index in [2.05, 4.69) is 9.97 Å². The van der Waals surface area contributed by atoms with Gasteiger partial charge in [0.1, 0.15) is 5.82 Å². The lowest BCUT2D eigenvalue weighted by Crippen LogP contribution is -2.13. The summed E-state index contributed by atoms with van der Waals surface area (Å²) in [6.07, 6.45) is 0.864. The molecule has 0 amide bonds. The number of aromatic carboxylic acids is 1. The van der Waals surface area contributed by atoms with E-state index in [1.807, 2.05) is 13.8 Å². The molecule has 0 saturated heterocycles. The van der Waals surface area contributed by atoms with Gasteiger partial charge in [-0.25, -0.2) is 14.8 Å². The van der Waals surface area contributed by atoms with Crippen molar-refractivity contribution in [3.8, 4) is 0 Å². The Kier molecular flexibility index (Phi) is 2.46. The second-order valence-corrected chi connectivity index (χ2v) is 4.14. The van der Waals surface area contributed by atoms with Crippen LogP contribution >= 0.6 is 0 Å². The Hall–Kier alpha value is -1.78. The van der Waals surface area contributed by atoms with Gasteiger partial charge >= 0.3 is 5.97 Å². The first kappa shape index (κ1) is 10.7. The summed E-state index contributed by atoms with van der Waals surface area (Å²) in [4.78, 5) is 30.8. The number of fused-ring (bicyclic) bond motifs is 1. The van der Waals surface area contributed by atoms with Gasteiger partial charge in [0.2, 0.25) is 0 Å². The third-order valence-electron chi connectivity index (χ3n) is 2.59. The SMILES string of the molecule is CC(C)c1nc2c(c(C(=O)O)n1)C(=O)CC2. The fourth-order valence-corrected chi connectivity index (χ4v) is 1.77. The summed E-state index contributed by atoms with van der Waals surface area (Å²) in [7, 11) is 0. The maximum absolute atomic E-state index is 11.5. The van der Waals surface area contributed by atoms with E-state index >= 15 is 0 Å². The molecule has 16 heavy (non-hydrogen) atoms. The van der Waals surface area contributed by atoms with Crippen molar-refractivity contribution in [2.75, 3.05) is 0 Å². The number of carbonyl (C=O) groups is 2. The van der Waals surface area contributed by atoms with Gasteiger partial charge in [0, 0.05) is 12.3 Å². The number of rotatable bonds is 2. The molecule has 5 nitrogen and oxygen atoms in total. The minimum absolute atomic E-state index is 0.0547. The quantitative estimate of drug-likeness (QED) is 0.815. The van der Waals surface area contributed by atoms with Crippen molar-refractivity contribution in [1.82, 2.24) is 9.97 Å². The molecule has 0 unspecified atom stereocenters. The summed E-state index contributed by atoms with van der Waals surface area (Å²) in [5, 5.41) is 9.03. The van der Waals surface area contributed by atoms with Gasteiger partial charge in [0.05, 0.1) is 11.3 Å². The third kappa shape index (κ3) is 1.58. The number of carbonyl (C=O) groups excluding carboxylic acids is 1. The molecule has 0 aromatic carbocycles. The van der Waals surface area contributed by atoms with Crippen LogP contribution in [0.3, 0.4) is 0 Å². The van der Waals surface area contributed by atoms with Crippen LogP contribution in [0, 0.1) is 0 Å². The number of carboxylic acids is 1.